The molecule has 0 amide bonds. The lowest BCUT2D eigenvalue weighted by Crippen LogP contribution is -2.52. The van der Waals surface area contributed by atoms with Gasteiger partial charge in [-0.2, -0.15) is 0 Å². The van der Waals surface area contributed by atoms with Crippen LogP contribution in [0.3, 0.4) is 0 Å². The predicted molar refractivity (Wildman–Crippen MR) is 128 cm³/mol. The Bertz CT molecular complexity index is 1030. The minimum absolute atomic E-state index is 0.177. The highest BCUT2D eigenvalue weighted by Crippen LogP contribution is 2.26. The van der Waals surface area contributed by atoms with Crippen LogP contribution in [0.5, 0.6) is 0 Å². The lowest BCUT2D eigenvalue weighted by atomic mass is 9.85. The summed E-state index contributed by atoms with van der Waals surface area (Å²) in [6.07, 6.45) is 8.01. The summed E-state index contributed by atoms with van der Waals surface area (Å²) in [5.74, 6) is 0.873. The van der Waals surface area contributed by atoms with Crippen LogP contribution in [0.4, 0.5) is 5.95 Å². The van der Waals surface area contributed by atoms with E-state index < -0.39 is 0 Å². The molecule has 0 aliphatic carbocycles. The van der Waals surface area contributed by atoms with E-state index in [9.17, 15) is 0 Å². The molecule has 1 saturated heterocycles. The average molecular weight is 421 g/mol. The van der Waals surface area contributed by atoms with Crippen LogP contribution >= 0.6 is 0 Å². The van der Waals surface area contributed by atoms with Gasteiger partial charge in [-0.3, -0.25) is 0 Å². The highest BCUT2D eigenvalue weighted by atomic mass is 15.3. The van der Waals surface area contributed by atoms with E-state index in [1.54, 1.807) is 0 Å². The highest BCUT2D eigenvalue weighted by molar-refractivity contribution is 5.83. The van der Waals surface area contributed by atoms with E-state index in [4.69, 9.17) is 9.97 Å². The van der Waals surface area contributed by atoms with Crippen LogP contribution in [-0.2, 0) is 6.54 Å². The van der Waals surface area contributed by atoms with E-state index >= 15 is 0 Å². The van der Waals surface area contributed by atoms with E-state index in [2.05, 4.69) is 73.4 Å². The van der Waals surface area contributed by atoms with Gasteiger partial charge in [0.05, 0.1) is 17.5 Å². The zero-order valence-corrected chi connectivity index (χ0v) is 19.8. The first-order valence-electron chi connectivity index (χ1n) is 11.4. The van der Waals surface area contributed by atoms with Crippen LogP contribution in [-0.4, -0.2) is 44.7 Å². The number of piperidine rings is 1. The summed E-state index contributed by atoms with van der Waals surface area (Å²) >= 11 is 0. The Kier molecular flexibility index (Phi) is 6.02. The standard InChI is InChI=1S/C25H36N6/c1-17-13-21-19(3)27-24(29-22(21)14-18(17)2)31-10-7-20(8-11-31)28-23(25(4,5)6)15-30-12-9-26-16-30/h9,12-14,16,20,23,28H,7-8,10-11,15H2,1-6H3. The van der Waals surface area contributed by atoms with E-state index in [-0.39, 0.29) is 5.41 Å². The van der Waals surface area contributed by atoms with Crippen molar-refractivity contribution in [2.45, 2.75) is 73.0 Å². The summed E-state index contributed by atoms with van der Waals surface area (Å²) in [4.78, 5) is 16.3. The van der Waals surface area contributed by atoms with Crippen LogP contribution in [0.1, 0.15) is 50.4 Å². The van der Waals surface area contributed by atoms with Gasteiger partial charge in [-0.15, -0.1) is 0 Å². The highest BCUT2D eigenvalue weighted by Gasteiger charge is 2.29. The number of fused-ring (bicyclic) bond motifs is 1. The molecule has 1 unspecified atom stereocenters. The second-order valence-electron chi connectivity index (χ2n) is 10.2. The second-order valence-corrected chi connectivity index (χ2v) is 10.2. The number of aryl methyl sites for hydroxylation is 3. The molecule has 0 spiro atoms. The number of aromatic nitrogens is 4. The quantitative estimate of drug-likeness (QED) is 0.662. The van der Waals surface area contributed by atoms with E-state index in [1.807, 2.05) is 18.7 Å². The zero-order valence-electron chi connectivity index (χ0n) is 19.8. The molecule has 1 N–H and O–H groups in total. The van der Waals surface area contributed by atoms with E-state index in [1.165, 1.54) is 11.1 Å². The molecule has 3 heterocycles. The number of nitrogens with one attached hydrogen (secondary N) is 1. The molecule has 0 bridgehead atoms. The third kappa shape index (κ3) is 4.90. The molecule has 3 aromatic rings. The van der Waals surface area contributed by atoms with Crippen molar-refractivity contribution in [2.75, 3.05) is 18.0 Å². The number of benzene rings is 1. The SMILES string of the molecule is Cc1cc2nc(N3CCC(NC(Cn4ccnc4)C(C)(C)C)CC3)nc(C)c2cc1C. The third-order valence-corrected chi connectivity index (χ3v) is 6.70. The molecule has 1 atom stereocenters. The van der Waals surface area contributed by atoms with Gasteiger partial charge in [0.2, 0.25) is 5.95 Å². The van der Waals surface area contributed by atoms with Gasteiger partial charge in [-0.05, 0) is 62.3 Å². The summed E-state index contributed by atoms with van der Waals surface area (Å²) in [6.45, 7) is 16.2. The Labute approximate surface area is 186 Å². The fourth-order valence-corrected chi connectivity index (χ4v) is 4.38. The Balaban J connectivity index is 1.44. The van der Waals surface area contributed by atoms with Crippen molar-refractivity contribution < 1.29 is 0 Å². The second kappa shape index (κ2) is 8.58. The van der Waals surface area contributed by atoms with Gasteiger partial charge < -0.3 is 14.8 Å². The number of rotatable bonds is 5. The molecule has 1 fully saturated rings. The molecule has 166 valence electrons. The van der Waals surface area contributed by atoms with Crippen LogP contribution in [0.2, 0.25) is 0 Å². The van der Waals surface area contributed by atoms with Crippen molar-refractivity contribution in [3.8, 4) is 0 Å². The van der Waals surface area contributed by atoms with Crippen LogP contribution in [0, 0.1) is 26.2 Å². The third-order valence-electron chi connectivity index (χ3n) is 6.70. The Hall–Kier alpha value is -2.47. The van der Waals surface area contributed by atoms with Crippen molar-refractivity contribution >= 4 is 16.9 Å². The first-order valence-corrected chi connectivity index (χ1v) is 11.4. The first-order chi connectivity index (χ1) is 14.7. The number of imidazole rings is 1. The molecule has 6 nitrogen and oxygen atoms in total. The maximum atomic E-state index is 4.92. The van der Waals surface area contributed by atoms with Crippen molar-refractivity contribution in [3.63, 3.8) is 0 Å². The van der Waals surface area contributed by atoms with Crippen molar-refractivity contribution in [1.82, 2.24) is 24.8 Å². The largest absolute Gasteiger partial charge is 0.341 e. The molecule has 1 aromatic carbocycles. The van der Waals surface area contributed by atoms with Gasteiger partial charge in [-0.1, -0.05) is 20.8 Å². The molecule has 6 heteroatoms. The Morgan fingerprint density at radius 3 is 2.42 bits per heavy atom. The summed E-state index contributed by atoms with van der Waals surface area (Å²) in [6, 6.07) is 5.31. The normalized spacial score (nSPS) is 16.8. The first kappa shape index (κ1) is 21.8. The molecule has 2 aromatic heterocycles. The van der Waals surface area contributed by atoms with E-state index in [0.717, 1.165) is 55.0 Å². The number of hydrogen-bond donors (Lipinski definition) is 1. The smallest absolute Gasteiger partial charge is 0.226 e. The van der Waals surface area contributed by atoms with Gasteiger partial charge in [0.25, 0.3) is 0 Å². The van der Waals surface area contributed by atoms with Crippen molar-refractivity contribution in [1.29, 1.82) is 0 Å². The van der Waals surface area contributed by atoms with Gasteiger partial charge in [0.15, 0.2) is 0 Å². The fourth-order valence-electron chi connectivity index (χ4n) is 4.38. The number of hydrogen-bond acceptors (Lipinski definition) is 5. The monoisotopic (exact) mass is 420 g/mol. The molecule has 0 radical (unpaired) electrons. The van der Waals surface area contributed by atoms with Gasteiger partial charge in [0.1, 0.15) is 0 Å². The molecule has 1 aliphatic heterocycles. The van der Waals surface area contributed by atoms with Gasteiger partial charge >= 0.3 is 0 Å². The van der Waals surface area contributed by atoms with Crippen LogP contribution in [0.15, 0.2) is 30.9 Å². The van der Waals surface area contributed by atoms with Crippen molar-refractivity contribution in [2.24, 2.45) is 5.41 Å². The maximum absolute atomic E-state index is 4.92. The predicted octanol–water partition coefficient (Wildman–Crippen LogP) is 4.42. The van der Waals surface area contributed by atoms with Crippen LogP contribution in [0.25, 0.3) is 10.9 Å². The minimum Gasteiger partial charge on any atom is -0.341 e. The van der Waals surface area contributed by atoms with Gasteiger partial charge in [-0.25, -0.2) is 15.0 Å². The summed E-state index contributed by atoms with van der Waals surface area (Å²) in [7, 11) is 0. The molecule has 31 heavy (non-hydrogen) atoms. The number of nitrogens with zero attached hydrogens (tertiary/aromatic N) is 5. The Morgan fingerprint density at radius 1 is 1.06 bits per heavy atom. The molecule has 4 rings (SSSR count). The van der Waals surface area contributed by atoms with E-state index in [0.29, 0.717) is 12.1 Å². The maximum Gasteiger partial charge on any atom is 0.226 e. The zero-order chi connectivity index (χ0) is 22.2. The topological polar surface area (TPSA) is 58.9 Å². The molecule has 1 aliphatic rings. The molecular formula is C25H36N6. The average Bonchev–Trinajstić information content (AvgIpc) is 3.22. The summed E-state index contributed by atoms with van der Waals surface area (Å²) in [5.41, 5.74) is 4.87. The summed E-state index contributed by atoms with van der Waals surface area (Å²) in [5, 5.41) is 5.11. The van der Waals surface area contributed by atoms with Crippen molar-refractivity contribution in [3.05, 3.63) is 47.7 Å². The minimum atomic E-state index is 0.177. The number of anilines is 1. The van der Waals surface area contributed by atoms with Crippen LogP contribution < -0.4 is 10.2 Å². The molecular weight excluding hydrogens is 384 g/mol. The van der Waals surface area contributed by atoms with Gasteiger partial charge in [0, 0.05) is 49.5 Å². The lowest BCUT2D eigenvalue weighted by Gasteiger charge is -2.39. The lowest BCUT2D eigenvalue weighted by molar-refractivity contribution is 0.210. The summed E-state index contributed by atoms with van der Waals surface area (Å²) < 4.78 is 2.17. The fraction of sp³-hybridized carbons (Fsp3) is 0.560. The molecule has 0 saturated carbocycles. The Morgan fingerprint density at radius 2 is 1.77 bits per heavy atom.